The second kappa shape index (κ2) is 3.96. The minimum atomic E-state index is -0.155. The first-order valence-electron chi connectivity index (χ1n) is 5.29. The predicted molar refractivity (Wildman–Crippen MR) is 53.1 cm³/mol. The van der Waals surface area contributed by atoms with Crippen LogP contribution >= 0.6 is 0 Å². The number of carbonyl (C=O) groups excluding carboxylic acids is 1. The zero-order valence-corrected chi connectivity index (χ0v) is 8.65. The summed E-state index contributed by atoms with van der Waals surface area (Å²) in [5, 5.41) is 9.50. The number of aliphatic hydroxyl groups is 1. The van der Waals surface area contributed by atoms with Gasteiger partial charge in [-0.3, -0.25) is 14.6 Å². The SMILES string of the molecule is CC(=O)CN1CCN2C[C@@H](O)C[C@H]2C1. The molecule has 2 fully saturated rings. The second-order valence-corrected chi connectivity index (χ2v) is 4.48. The molecule has 2 atom stereocenters. The van der Waals surface area contributed by atoms with E-state index in [-0.39, 0.29) is 11.9 Å². The Kier molecular flexibility index (Phi) is 2.85. The van der Waals surface area contributed by atoms with Gasteiger partial charge in [0.05, 0.1) is 12.6 Å². The number of nitrogens with zero attached hydrogens (tertiary/aromatic N) is 2. The van der Waals surface area contributed by atoms with Crippen LogP contribution in [0.15, 0.2) is 0 Å². The molecule has 80 valence electrons. The molecule has 0 unspecified atom stereocenters. The molecule has 0 aromatic rings. The van der Waals surface area contributed by atoms with Crippen LogP contribution in [0.5, 0.6) is 0 Å². The van der Waals surface area contributed by atoms with Crippen molar-refractivity contribution in [1.29, 1.82) is 0 Å². The summed E-state index contributed by atoms with van der Waals surface area (Å²) in [5.74, 6) is 0.233. The number of fused-ring (bicyclic) bond motifs is 1. The number of ketones is 1. The van der Waals surface area contributed by atoms with Gasteiger partial charge in [0.2, 0.25) is 0 Å². The number of aliphatic hydroxyl groups excluding tert-OH is 1. The van der Waals surface area contributed by atoms with Crippen molar-refractivity contribution < 1.29 is 9.90 Å². The molecule has 4 heteroatoms. The summed E-state index contributed by atoms with van der Waals surface area (Å²) in [6, 6.07) is 0.470. The lowest BCUT2D eigenvalue weighted by molar-refractivity contribution is -0.118. The van der Waals surface area contributed by atoms with Crippen molar-refractivity contribution in [3.8, 4) is 0 Å². The number of hydrogen-bond acceptors (Lipinski definition) is 4. The van der Waals surface area contributed by atoms with Gasteiger partial charge in [-0.2, -0.15) is 0 Å². The fourth-order valence-electron chi connectivity index (χ4n) is 2.54. The molecule has 0 radical (unpaired) electrons. The quantitative estimate of drug-likeness (QED) is 0.639. The molecular weight excluding hydrogens is 180 g/mol. The third-order valence-electron chi connectivity index (χ3n) is 3.12. The fraction of sp³-hybridized carbons (Fsp3) is 0.900. The standard InChI is InChI=1S/C10H18N2O2/c1-8(13)5-11-2-3-12-7-10(14)4-9(12)6-11/h9-10,14H,2-7H2,1H3/t9-,10-/m0/s1. The molecule has 0 saturated carbocycles. The Morgan fingerprint density at radius 2 is 2.21 bits per heavy atom. The lowest BCUT2D eigenvalue weighted by Crippen LogP contribution is -2.51. The van der Waals surface area contributed by atoms with Crippen molar-refractivity contribution in [3.63, 3.8) is 0 Å². The largest absolute Gasteiger partial charge is 0.392 e. The highest BCUT2D eigenvalue weighted by Gasteiger charge is 2.35. The van der Waals surface area contributed by atoms with Gasteiger partial charge in [-0.25, -0.2) is 0 Å². The summed E-state index contributed by atoms with van der Waals surface area (Å²) in [4.78, 5) is 15.5. The van der Waals surface area contributed by atoms with E-state index in [4.69, 9.17) is 0 Å². The van der Waals surface area contributed by atoms with E-state index in [1.54, 1.807) is 6.92 Å². The molecular formula is C10H18N2O2. The first-order chi connectivity index (χ1) is 6.65. The van der Waals surface area contributed by atoms with Crippen LogP contribution in [0.1, 0.15) is 13.3 Å². The molecule has 0 aliphatic carbocycles. The molecule has 0 aromatic carbocycles. The molecule has 0 bridgehead atoms. The fourth-order valence-corrected chi connectivity index (χ4v) is 2.54. The van der Waals surface area contributed by atoms with Crippen LogP contribution in [0.4, 0.5) is 0 Å². The predicted octanol–water partition coefficient (Wildman–Crippen LogP) is -0.674. The molecule has 2 aliphatic heterocycles. The first-order valence-corrected chi connectivity index (χ1v) is 5.29. The van der Waals surface area contributed by atoms with Gasteiger partial charge in [0.1, 0.15) is 5.78 Å². The van der Waals surface area contributed by atoms with Crippen LogP contribution in [0.3, 0.4) is 0 Å². The average Bonchev–Trinajstić information content (AvgIpc) is 2.42. The summed E-state index contributed by atoms with van der Waals surface area (Å²) < 4.78 is 0. The Bertz CT molecular complexity index is 232. The van der Waals surface area contributed by atoms with E-state index in [2.05, 4.69) is 9.80 Å². The van der Waals surface area contributed by atoms with Crippen molar-refractivity contribution in [3.05, 3.63) is 0 Å². The van der Waals surface area contributed by atoms with Gasteiger partial charge in [-0.15, -0.1) is 0 Å². The minimum Gasteiger partial charge on any atom is -0.392 e. The molecule has 2 saturated heterocycles. The van der Waals surface area contributed by atoms with E-state index in [1.807, 2.05) is 0 Å². The first kappa shape index (κ1) is 10.1. The third-order valence-corrected chi connectivity index (χ3v) is 3.12. The monoisotopic (exact) mass is 198 g/mol. The van der Waals surface area contributed by atoms with E-state index in [1.165, 1.54) is 0 Å². The molecule has 0 aromatic heterocycles. The normalized spacial score (nSPS) is 34.4. The van der Waals surface area contributed by atoms with Crippen LogP contribution in [0, 0.1) is 0 Å². The summed E-state index contributed by atoms with van der Waals surface area (Å²) in [5.41, 5.74) is 0. The Hall–Kier alpha value is -0.450. The second-order valence-electron chi connectivity index (χ2n) is 4.48. The maximum absolute atomic E-state index is 11.0. The lowest BCUT2D eigenvalue weighted by Gasteiger charge is -2.36. The third kappa shape index (κ3) is 2.13. The molecule has 0 amide bonds. The van der Waals surface area contributed by atoms with E-state index >= 15 is 0 Å². The molecule has 2 rings (SSSR count). The van der Waals surface area contributed by atoms with Crippen LogP contribution in [-0.4, -0.2) is 65.6 Å². The Morgan fingerprint density at radius 1 is 1.43 bits per heavy atom. The summed E-state index contributed by atoms with van der Waals surface area (Å²) in [6.07, 6.45) is 0.714. The van der Waals surface area contributed by atoms with Crippen molar-refractivity contribution in [2.45, 2.75) is 25.5 Å². The number of Topliss-reactive ketones (excluding diaryl/α,β-unsaturated/α-hetero) is 1. The van der Waals surface area contributed by atoms with Crippen molar-refractivity contribution in [2.24, 2.45) is 0 Å². The van der Waals surface area contributed by atoms with Crippen LogP contribution in [0.2, 0.25) is 0 Å². The molecule has 1 N–H and O–H groups in total. The lowest BCUT2D eigenvalue weighted by atomic mass is 10.1. The molecule has 2 heterocycles. The highest BCUT2D eigenvalue weighted by atomic mass is 16.3. The number of rotatable bonds is 2. The smallest absolute Gasteiger partial charge is 0.143 e. The van der Waals surface area contributed by atoms with Gasteiger partial charge >= 0.3 is 0 Å². The summed E-state index contributed by atoms with van der Waals surface area (Å²) in [7, 11) is 0. The molecule has 4 nitrogen and oxygen atoms in total. The van der Waals surface area contributed by atoms with E-state index < -0.39 is 0 Å². The van der Waals surface area contributed by atoms with Gasteiger partial charge in [0.15, 0.2) is 0 Å². The van der Waals surface area contributed by atoms with Crippen molar-refractivity contribution >= 4 is 5.78 Å². The zero-order valence-electron chi connectivity index (χ0n) is 8.65. The zero-order chi connectivity index (χ0) is 10.1. The van der Waals surface area contributed by atoms with Crippen LogP contribution in [-0.2, 0) is 4.79 Å². The Morgan fingerprint density at radius 3 is 2.93 bits per heavy atom. The van der Waals surface area contributed by atoms with Gasteiger partial charge in [0.25, 0.3) is 0 Å². The van der Waals surface area contributed by atoms with Gasteiger partial charge in [-0.1, -0.05) is 0 Å². The Balaban J connectivity index is 1.88. The number of hydrogen-bond donors (Lipinski definition) is 1. The van der Waals surface area contributed by atoms with Crippen LogP contribution < -0.4 is 0 Å². The van der Waals surface area contributed by atoms with Gasteiger partial charge in [0, 0.05) is 32.2 Å². The highest BCUT2D eigenvalue weighted by molar-refractivity contribution is 5.77. The summed E-state index contributed by atoms with van der Waals surface area (Å²) >= 11 is 0. The van der Waals surface area contributed by atoms with E-state index in [0.717, 1.165) is 32.6 Å². The summed E-state index contributed by atoms with van der Waals surface area (Å²) in [6.45, 7) is 5.92. The maximum atomic E-state index is 11.0. The maximum Gasteiger partial charge on any atom is 0.143 e. The number of carbonyl (C=O) groups is 1. The van der Waals surface area contributed by atoms with E-state index in [0.29, 0.717) is 12.6 Å². The van der Waals surface area contributed by atoms with Gasteiger partial charge in [-0.05, 0) is 13.3 Å². The molecule has 0 spiro atoms. The average molecular weight is 198 g/mol. The van der Waals surface area contributed by atoms with Gasteiger partial charge < -0.3 is 5.11 Å². The highest BCUT2D eigenvalue weighted by Crippen LogP contribution is 2.21. The number of piperazine rings is 1. The topological polar surface area (TPSA) is 43.8 Å². The van der Waals surface area contributed by atoms with Crippen LogP contribution in [0.25, 0.3) is 0 Å². The Labute approximate surface area is 84.5 Å². The van der Waals surface area contributed by atoms with Crippen molar-refractivity contribution in [1.82, 2.24) is 9.80 Å². The molecule has 14 heavy (non-hydrogen) atoms. The minimum absolute atomic E-state index is 0.155. The molecule has 2 aliphatic rings. The van der Waals surface area contributed by atoms with Crippen molar-refractivity contribution in [2.75, 3.05) is 32.7 Å². The van der Waals surface area contributed by atoms with E-state index in [9.17, 15) is 9.90 Å².